The second-order valence-electron chi connectivity index (χ2n) is 11.0. The lowest BCUT2D eigenvalue weighted by atomic mass is 9.48. The van der Waals surface area contributed by atoms with Crippen LogP contribution in [0.2, 0.25) is 0 Å². The number of benzene rings is 2. The Labute approximate surface area is 224 Å². The van der Waals surface area contributed by atoms with E-state index in [2.05, 4.69) is 11.8 Å². The molecule has 4 aliphatic rings. The molecule has 1 unspecified atom stereocenters. The van der Waals surface area contributed by atoms with Crippen LogP contribution >= 0.6 is 0 Å². The van der Waals surface area contributed by atoms with Gasteiger partial charge in [-0.1, -0.05) is 11.8 Å². The van der Waals surface area contributed by atoms with Crippen molar-refractivity contribution in [3.05, 3.63) is 58.7 Å². The third kappa shape index (κ3) is 5.54. The standard InChI is InChI=1S/C31H36O7/c1-35-9-10-37-19-38-28-15-29(36-2)26(31-16-21-11-22(17-31)13-23(12-21)18-31)14-25(28)27(32)8-5-20-3-6-24(7-4-20)30(33)34/h3-4,6-7,14-15,21-23,27,32H,9-13,16-19H2,1-2H3,(H,33,34). The van der Waals surface area contributed by atoms with Gasteiger partial charge in [0.2, 0.25) is 0 Å². The van der Waals surface area contributed by atoms with Crippen molar-refractivity contribution in [3.8, 4) is 23.3 Å². The lowest BCUT2D eigenvalue weighted by Crippen LogP contribution is -2.48. The zero-order chi connectivity index (χ0) is 26.7. The van der Waals surface area contributed by atoms with Crippen molar-refractivity contribution in [1.29, 1.82) is 0 Å². The van der Waals surface area contributed by atoms with E-state index in [0.29, 0.717) is 30.1 Å². The zero-order valence-corrected chi connectivity index (χ0v) is 22.1. The largest absolute Gasteiger partial charge is 0.496 e. The van der Waals surface area contributed by atoms with Crippen molar-refractivity contribution >= 4 is 5.97 Å². The number of aliphatic hydroxyl groups excluding tert-OH is 1. The first-order valence-electron chi connectivity index (χ1n) is 13.4. The lowest BCUT2D eigenvalue weighted by molar-refractivity contribution is -0.0105. The molecule has 0 saturated heterocycles. The summed E-state index contributed by atoms with van der Waals surface area (Å²) in [5.41, 5.74) is 2.60. The maximum atomic E-state index is 11.3. The average molecular weight is 521 g/mol. The van der Waals surface area contributed by atoms with Gasteiger partial charge < -0.3 is 29.2 Å². The number of carboxylic acid groups (broad SMARTS) is 1. The quantitative estimate of drug-likeness (QED) is 0.260. The molecule has 2 aromatic rings. The van der Waals surface area contributed by atoms with Crippen LogP contribution in [0.25, 0.3) is 0 Å². The van der Waals surface area contributed by atoms with Gasteiger partial charge in [-0.25, -0.2) is 4.79 Å². The number of methoxy groups -OCH3 is 2. The van der Waals surface area contributed by atoms with Gasteiger partial charge in [0.25, 0.3) is 0 Å². The van der Waals surface area contributed by atoms with E-state index in [1.54, 1.807) is 26.4 Å². The topological polar surface area (TPSA) is 94.5 Å². The van der Waals surface area contributed by atoms with E-state index in [4.69, 9.17) is 24.1 Å². The molecule has 4 fully saturated rings. The molecule has 38 heavy (non-hydrogen) atoms. The van der Waals surface area contributed by atoms with E-state index < -0.39 is 12.1 Å². The molecular formula is C31H36O7. The first-order valence-corrected chi connectivity index (χ1v) is 13.4. The van der Waals surface area contributed by atoms with Gasteiger partial charge in [-0.2, -0.15) is 0 Å². The highest BCUT2D eigenvalue weighted by Gasteiger charge is 2.52. The van der Waals surface area contributed by atoms with Crippen molar-refractivity contribution < 1.29 is 34.0 Å². The highest BCUT2D eigenvalue weighted by Crippen LogP contribution is 2.62. The van der Waals surface area contributed by atoms with E-state index in [0.717, 1.165) is 48.3 Å². The predicted molar refractivity (Wildman–Crippen MR) is 141 cm³/mol. The predicted octanol–water partition coefficient (Wildman–Crippen LogP) is 4.95. The second kappa shape index (κ2) is 11.4. The van der Waals surface area contributed by atoms with Crippen molar-refractivity contribution in [1.82, 2.24) is 0 Å². The van der Waals surface area contributed by atoms with Crippen LogP contribution in [0.4, 0.5) is 0 Å². The Morgan fingerprint density at radius 2 is 1.66 bits per heavy atom. The number of carbonyl (C=O) groups is 1. The van der Waals surface area contributed by atoms with Crippen molar-refractivity contribution in [2.45, 2.75) is 50.0 Å². The Morgan fingerprint density at radius 3 is 2.24 bits per heavy atom. The minimum atomic E-state index is -1.11. The molecule has 4 bridgehead atoms. The van der Waals surface area contributed by atoms with Crippen molar-refractivity contribution in [2.24, 2.45) is 17.8 Å². The summed E-state index contributed by atoms with van der Waals surface area (Å²) < 4.78 is 22.4. The molecule has 2 aromatic carbocycles. The molecule has 4 saturated carbocycles. The lowest BCUT2D eigenvalue weighted by Gasteiger charge is -2.57. The van der Waals surface area contributed by atoms with Gasteiger partial charge >= 0.3 is 5.97 Å². The normalized spacial score (nSPS) is 25.9. The van der Waals surface area contributed by atoms with E-state index in [-0.39, 0.29) is 17.8 Å². The fraction of sp³-hybridized carbons (Fsp3) is 0.516. The Balaban J connectivity index is 1.47. The van der Waals surface area contributed by atoms with Gasteiger partial charge in [-0.3, -0.25) is 0 Å². The summed E-state index contributed by atoms with van der Waals surface area (Å²) in [6.45, 7) is 0.856. The highest BCUT2D eigenvalue weighted by molar-refractivity contribution is 5.87. The number of hydrogen-bond acceptors (Lipinski definition) is 6. The number of carboxylic acids is 1. The second-order valence-corrected chi connectivity index (χ2v) is 11.0. The molecule has 4 aliphatic carbocycles. The fourth-order valence-corrected chi connectivity index (χ4v) is 7.17. The van der Waals surface area contributed by atoms with Crippen LogP contribution in [0.1, 0.15) is 71.7 Å². The SMILES string of the molecule is COCCOCOc1cc(OC)c(C23CC4CC(CC(C4)C2)C3)cc1C(O)C#Cc1ccc(C(=O)O)cc1. The summed E-state index contributed by atoms with van der Waals surface area (Å²) in [5.74, 6) is 8.45. The van der Waals surface area contributed by atoms with E-state index in [1.165, 1.54) is 31.4 Å². The van der Waals surface area contributed by atoms with Crippen LogP contribution in [0, 0.1) is 29.6 Å². The number of rotatable bonds is 10. The number of aliphatic hydroxyl groups is 1. The molecule has 7 nitrogen and oxygen atoms in total. The summed E-state index contributed by atoms with van der Waals surface area (Å²) in [4.78, 5) is 11.1. The van der Waals surface area contributed by atoms with Crippen molar-refractivity contribution in [3.63, 3.8) is 0 Å². The number of hydrogen-bond donors (Lipinski definition) is 2. The Kier molecular flexibility index (Phi) is 7.94. The molecule has 2 N–H and O–H groups in total. The van der Waals surface area contributed by atoms with Crippen LogP contribution in [-0.4, -0.2) is 50.4 Å². The van der Waals surface area contributed by atoms with Gasteiger partial charge in [0, 0.05) is 29.9 Å². The Morgan fingerprint density at radius 1 is 1.00 bits per heavy atom. The molecule has 0 aliphatic heterocycles. The molecule has 0 radical (unpaired) electrons. The van der Waals surface area contributed by atoms with Gasteiger partial charge in [0.1, 0.15) is 17.6 Å². The Bertz CT molecular complexity index is 1170. The third-order valence-corrected chi connectivity index (χ3v) is 8.45. The maximum absolute atomic E-state index is 11.3. The summed E-state index contributed by atoms with van der Waals surface area (Å²) in [7, 11) is 3.30. The molecule has 7 heteroatoms. The molecule has 0 spiro atoms. The third-order valence-electron chi connectivity index (χ3n) is 8.45. The molecule has 6 rings (SSSR count). The zero-order valence-electron chi connectivity index (χ0n) is 22.1. The molecular weight excluding hydrogens is 484 g/mol. The highest BCUT2D eigenvalue weighted by atomic mass is 16.7. The van der Waals surface area contributed by atoms with E-state index in [1.807, 2.05) is 12.1 Å². The minimum absolute atomic E-state index is 0.00697. The van der Waals surface area contributed by atoms with Gasteiger partial charge in [-0.05, 0) is 92.0 Å². The average Bonchev–Trinajstić information content (AvgIpc) is 2.90. The summed E-state index contributed by atoms with van der Waals surface area (Å²) in [5, 5.41) is 20.4. The van der Waals surface area contributed by atoms with Gasteiger partial charge in [0.05, 0.1) is 25.9 Å². The van der Waals surface area contributed by atoms with Gasteiger partial charge in [-0.15, -0.1) is 0 Å². The molecule has 0 aromatic heterocycles. The first-order chi connectivity index (χ1) is 18.4. The van der Waals surface area contributed by atoms with E-state index >= 15 is 0 Å². The molecule has 202 valence electrons. The van der Waals surface area contributed by atoms with Crippen LogP contribution in [0.5, 0.6) is 11.5 Å². The van der Waals surface area contributed by atoms with E-state index in [9.17, 15) is 9.90 Å². The fourth-order valence-electron chi connectivity index (χ4n) is 7.17. The van der Waals surface area contributed by atoms with Crippen molar-refractivity contribution in [2.75, 3.05) is 34.2 Å². The summed E-state index contributed by atoms with van der Waals surface area (Å²) in [6, 6.07) is 10.2. The van der Waals surface area contributed by atoms with Crippen LogP contribution in [0.3, 0.4) is 0 Å². The smallest absolute Gasteiger partial charge is 0.335 e. The maximum Gasteiger partial charge on any atom is 0.335 e. The molecule has 0 heterocycles. The monoisotopic (exact) mass is 520 g/mol. The number of ether oxygens (including phenoxy) is 4. The van der Waals surface area contributed by atoms with Gasteiger partial charge in [0.15, 0.2) is 6.79 Å². The Hall–Kier alpha value is -3.05. The molecule has 0 amide bonds. The van der Waals surface area contributed by atoms with Crippen LogP contribution < -0.4 is 9.47 Å². The minimum Gasteiger partial charge on any atom is -0.496 e. The summed E-state index contributed by atoms with van der Waals surface area (Å²) in [6.07, 6.45) is 6.38. The van der Waals surface area contributed by atoms with Crippen LogP contribution in [0.15, 0.2) is 36.4 Å². The number of aromatic carboxylic acids is 1. The molecule has 1 atom stereocenters. The summed E-state index contributed by atoms with van der Waals surface area (Å²) >= 11 is 0. The van der Waals surface area contributed by atoms with Crippen LogP contribution in [-0.2, 0) is 14.9 Å². The first kappa shape index (κ1) is 26.6.